The van der Waals surface area contributed by atoms with E-state index in [0.717, 1.165) is 35.7 Å². The number of carbonyl (C=O) groups is 1. The first-order valence-electron chi connectivity index (χ1n) is 10.7. The average molecular weight is 411 g/mol. The number of hydrogen-bond acceptors (Lipinski definition) is 6. The van der Waals surface area contributed by atoms with Gasteiger partial charge in [-0.05, 0) is 24.5 Å². The minimum Gasteiger partial charge on any atom is -0.425 e. The summed E-state index contributed by atoms with van der Waals surface area (Å²) in [5, 5.41) is 9.44. The van der Waals surface area contributed by atoms with Gasteiger partial charge < -0.3 is 14.3 Å². The van der Waals surface area contributed by atoms with Crippen LogP contribution >= 0.6 is 0 Å². The van der Waals surface area contributed by atoms with Crippen molar-refractivity contribution in [3.05, 3.63) is 47.8 Å². The first kappa shape index (κ1) is 20.6. The van der Waals surface area contributed by atoms with Crippen molar-refractivity contribution in [2.45, 2.75) is 57.5 Å². The molecule has 160 valence electrons. The van der Waals surface area contributed by atoms with Crippen molar-refractivity contribution in [3.63, 3.8) is 0 Å². The molecule has 3 aromatic rings. The maximum atomic E-state index is 12.5. The van der Waals surface area contributed by atoms with E-state index in [-0.39, 0.29) is 5.91 Å². The number of hydrogen-bond donors (Lipinski definition) is 3. The monoisotopic (exact) mass is 410 g/mol. The van der Waals surface area contributed by atoms with Crippen LogP contribution in [0.25, 0.3) is 10.9 Å². The summed E-state index contributed by atoms with van der Waals surface area (Å²) in [6.07, 6.45) is 6.73. The largest absolute Gasteiger partial charge is 0.425 e. The molecule has 1 amide bonds. The molecule has 2 atom stereocenters. The number of carbonyl (C=O) groups excluding carboxylic acids is 1. The van der Waals surface area contributed by atoms with E-state index in [1.807, 2.05) is 31.4 Å². The number of aromatic nitrogens is 3. The van der Waals surface area contributed by atoms with E-state index in [9.17, 15) is 4.79 Å². The van der Waals surface area contributed by atoms with Gasteiger partial charge in [-0.1, -0.05) is 31.5 Å². The SMILES string of the molecule is CCCC1CC(CN(C)C(=O)CCc2nnc(Cc3c[nH]c4ccccc34)o2)NN1. The molecule has 0 saturated carbocycles. The van der Waals surface area contributed by atoms with Crippen LogP contribution in [0.3, 0.4) is 0 Å². The van der Waals surface area contributed by atoms with Gasteiger partial charge in [-0.15, -0.1) is 10.2 Å². The molecule has 1 fully saturated rings. The summed E-state index contributed by atoms with van der Waals surface area (Å²) < 4.78 is 5.78. The second-order valence-electron chi connectivity index (χ2n) is 8.11. The van der Waals surface area contributed by atoms with E-state index < -0.39 is 0 Å². The van der Waals surface area contributed by atoms with Crippen LogP contribution in [0.1, 0.15) is 50.0 Å². The van der Waals surface area contributed by atoms with Crippen molar-refractivity contribution in [1.29, 1.82) is 0 Å². The molecule has 2 unspecified atom stereocenters. The van der Waals surface area contributed by atoms with E-state index >= 15 is 0 Å². The number of nitrogens with one attached hydrogen (secondary N) is 3. The second-order valence-corrected chi connectivity index (χ2v) is 8.11. The number of aryl methyl sites for hydroxylation is 1. The van der Waals surface area contributed by atoms with E-state index in [4.69, 9.17) is 4.42 Å². The molecule has 3 heterocycles. The van der Waals surface area contributed by atoms with Gasteiger partial charge in [0.15, 0.2) is 0 Å². The summed E-state index contributed by atoms with van der Waals surface area (Å²) >= 11 is 0. The molecule has 1 aromatic carbocycles. The Morgan fingerprint density at radius 3 is 2.87 bits per heavy atom. The van der Waals surface area contributed by atoms with E-state index in [0.29, 0.717) is 49.7 Å². The van der Waals surface area contributed by atoms with Gasteiger partial charge in [-0.25, -0.2) is 0 Å². The molecule has 3 N–H and O–H groups in total. The van der Waals surface area contributed by atoms with E-state index in [1.54, 1.807) is 4.90 Å². The minimum atomic E-state index is 0.0899. The van der Waals surface area contributed by atoms with Gasteiger partial charge in [0.1, 0.15) is 0 Å². The Balaban J connectivity index is 1.25. The summed E-state index contributed by atoms with van der Waals surface area (Å²) in [5.74, 6) is 1.17. The third kappa shape index (κ3) is 4.88. The van der Waals surface area contributed by atoms with Crippen molar-refractivity contribution in [1.82, 2.24) is 30.9 Å². The molecule has 1 aliphatic rings. The lowest BCUT2D eigenvalue weighted by atomic mass is 10.1. The first-order chi connectivity index (χ1) is 14.6. The normalized spacial score (nSPS) is 18.9. The number of para-hydroxylation sites is 1. The van der Waals surface area contributed by atoms with Gasteiger partial charge in [0, 0.05) is 55.6 Å². The molecular formula is C22H30N6O2. The quantitative estimate of drug-likeness (QED) is 0.501. The molecule has 2 aromatic heterocycles. The third-order valence-corrected chi connectivity index (χ3v) is 5.70. The Bertz CT molecular complexity index is 981. The molecule has 30 heavy (non-hydrogen) atoms. The zero-order valence-corrected chi connectivity index (χ0v) is 17.6. The van der Waals surface area contributed by atoms with E-state index in [1.165, 1.54) is 0 Å². The molecule has 1 aliphatic heterocycles. The zero-order chi connectivity index (χ0) is 20.9. The highest BCUT2D eigenvalue weighted by Gasteiger charge is 2.25. The lowest BCUT2D eigenvalue weighted by Gasteiger charge is -2.20. The standard InChI is InChI=1S/C22H30N6O2/c1-3-6-16-12-17(25-24-16)14-28(2)22(29)10-9-20-26-27-21(30-20)11-15-13-23-19-8-5-4-7-18(15)19/h4-5,7-8,13,16-17,23-25H,3,6,9-12,14H2,1-2H3. The maximum absolute atomic E-state index is 12.5. The fourth-order valence-electron chi connectivity index (χ4n) is 4.09. The van der Waals surface area contributed by atoms with Gasteiger partial charge >= 0.3 is 0 Å². The highest BCUT2D eigenvalue weighted by atomic mass is 16.4. The lowest BCUT2D eigenvalue weighted by molar-refractivity contribution is -0.130. The minimum absolute atomic E-state index is 0.0899. The molecule has 8 nitrogen and oxygen atoms in total. The predicted molar refractivity (Wildman–Crippen MR) is 115 cm³/mol. The summed E-state index contributed by atoms with van der Waals surface area (Å²) in [5.41, 5.74) is 8.83. The van der Waals surface area contributed by atoms with Crippen molar-refractivity contribution in [2.24, 2.45) is 0 Å². The number of fused-ring (bicyclic) bond motifs is 1. The number of hydrazine groups is 1. The lowest BCUT2D eigenvalue weighted by Crippen LogP contribution is -2.41. The molecule has 0 bridgehead atoms. The summed E-state index contributed by atoms with van der Waals surface area (Å²) in [6, 6.07) is 8.93. The number of H-pyrrole nitrogens is 1. The van der Waals surface area contributed by atoms with Crippen LogP contribution in [0.15, 0.2) is 34.9 Å². The summed E-state index contributed by atoms with van der Waals surface area (Å²) in [6.45, 7) is 2.88. The Morgan fingerprint density at radius 2 is 2.00 bits per heavy atom. The van der Waals surface area contributed by atoms with Crippen molar-refractivity contribution in [2.75, 3.05) is 13.6 Å². The predicted octanol–water partition coefficient (Wildman–Crippen LogP) is 2.57. The van der Waals surface area contributed by atoms with Gasteiger partial charge in [0.2, 0.25) is 17.7 Å². The third-order valence-electron chi connectivity index (χ3n) is 5.70. The molecule has 0 aliphatic carbocycles. The molecular weight excluding hydrogens is 380 g/mol. The fourth-order valence-corrected chi connectivity index (χ4v) is 4.09. The smallest absolute Gasteiger partial charge is 0.222 e. The van der Waals surface area contributed by atoms with Crippen LogP contribution in [-0.4, -0.2) is 51.7 Å². The molecule has 0 spiro atoms. The van der Waals surface area contributed by atoms with Crippen LogP contribution in [0.2, 0.25) is 0 Å². The number of aromatic amines is 1. The number of benzene rings is 1. The van der Waals surface area contributed by atoms with Crippen molar-refractivity contribution >= 4 is 16.8 Å². The molecule has 1 saturated heterocycles. The topological polar surface area (TPSA) is 99.1 Å². The first-order valence-corrected chi connectivity index (χ1v) is 10.7. The maximum Gasteiger partial charge on any atom is 0.222 e. The number of likely N-dealkylation sites (N-methyl/N-ethyl adjacent to an activating group) is 1. The van der Waals surface area contributed by atoms with Gasteiger partial charge in [0.25, 0.3) is 0 Å². The van der Waals surface area contributed by atoms with Crippen molar-refractivity contribution < 1.29 is 9.21 Å². The van der Waals surface area contributed by atoms with E-state index in [2.05, 4.69) is 39.0 Å². The molecule has 0 radical (unpaired) electrons. The van der Waals surface area contributed by atoms with Crippen LogP contribution in [0.5, 0.6) is 0 Å². The number of amides is 1. The molecule has 8 heteroatoms. The van der Waals surface area contributed by atoms with Gasteiger partial charge in [0.05, 0.1) is 6.42 Å². The Kier molecular flexibility index (Phi) is 6.44. The van der Waals surface area contributed by atoms with Gasteiger partial charge in [-0.2, -0.15) is 0 Å². The van der Waals surface area contributed by atoms with Crippen LogP contribution in [0.4, 0.5) is 0 Å². The van der Waals surface area contributed by atoms with Crippen LogP contribution in [0, 0.1) is 0 Å². The van der Waals surface area contributed by atoms with Crippen LogP contribution < -0.4 is 10.9 Å². The summed E-state index contributed by atoms with van der Waals surface area (Å²) in [7, 11) is 1.85. The Hall–Kier alpha value is -2.71. The zero-order valence-electron chi connectivity index (χ0n) is 17.6. The number of nitrogens with zero attached hydrogens (tertiary/aromatic N) is 3. The number of rotatable bonds is 9. The van der Waals surface area contributed by atoms with Gasteiger partial charge in [-0.3, -0.25) is 15.6 Å². The highest BCUT2D eigenvalue weighted by molar-refractivity contribution is 5.83. The molecule has 4 rings (SSSR count). The van der Waals surface area contributed by atoms with Crippen molar-refractivity contribution in [3.8, 4) is 0 Å². The highest BCUT2D eigenvalue weighted by Crippen LogP contribution is 2.20. The average Bonchev–Trinajstić information content (AvgIpc) is 3.48. The Morgan fingerprint density at radius 1 is 1.20 bits per heavy atom. The summed E-state index contributed by atoms with van der Waals surface area (Å²) in [4.78, 5) is 17.6. The van der Waals surface area contributed by atoms with Crippen LogP contribution in [-0.2, 0) is 17.6 Å². The fraction of sp³-hybridized carbons (Fsp3) is 0.500. The second kappa shape index (κ2) is 9.40. The Labute approximate surface area is 176 Å².